The molecule has 2 atom stereocenters. The van der Waals surface area contributed by atoms with E-state index in [1.807, 2.05) is 0 Å². The van der Waals surface area contributed by atoms with Gasteiger partial charge in [0, 0.05) is 30.6 Å². The number of benzene rings is 1. The third-order valence-corrected chi connectivity index (χ3v) is 4.14. The molecular weight excluding hydrogens is 241 g/mol. The Labute approximate surface area is 114 Å². The smallest absolute Gasteiger partial charge is 0.164 e. The number of nitrogens with zero attached hydrogens (tertiary/aromatic N) is 1. The predicted molar refractivity (Wildman–Crippen MR) is 74.8 cm³/mol. The molecule has 2 unspecified atom stereocenters. The van der Waals surface area contributed by atoms with Crippen molar-refractivity contribution in [3.63, 3.8) is 0 Å². The van der Waals surface area contributed by atoms with E-state index < -0.39 is 0 Å². The first-order valence-corrected chi connectivity index (χ1v) is 7.12. The zero-order chi connectivity index (χ0) is 13.8. The van der Waals surface area contributed by atoms with Crippen LogP contribution in [-0.4, -0.2) is 29.3 Å². The number of carbonyl (C=O) groups excluding carboxylic acids is 1. The average molecular weight is 263 g/mol. The van der Waals surface area contributed by atoms with Crippen LogP contribution in [0.25, 0.3) is 0 Å². The van der Waals surface area contributed by atoms with Gasteiger partial charge in [-0.2, -0.15) is 0 Å². The highest BCUT2D eigenvalue weighted by Crippen LogP contribution is 2.22. The first-order valence-electron chi connectivity index (χ1n) is 7.12. The maximum absolute atomic E-state index is 12.8. The molecule has 1 saturated heterocycles. The number of hydrogen-bond donors (Lipinski definition) is 0. The van der Waals surface area contributed by atoms with Gasteiger partial charge >= 0.3 is 0 Å². The SMILES string of the molecule is CC1CCCC(C)N1CCC(=O)c1ccc(F)cc1. The summed E-state index contributed by atoms with van der Waals surface area (Å²) >= 11 is 0. The maximum atomic E-state index is 12.8. The van der Waals surface area contributed by atoms with Crippen molar-refractivity contribution in [1.29, 1.82) is 0 Å². The van der Waals surface area contributed by atoms with Crippen molar-refractivity contribution in [2.24, 2.45) is 0 Å². The second-order valence-electron chi connectivity index (χ2n) is 5.55. The van der Waals surface area contributed by atoms with E-state index in [1.54, 1.807) is 12.1 Å². The van der Waals surface area contributed by atoms with Crippen LogP contribution in [0.1, 0.15) is 49.9 Å². The van der Waals surface area contributed by atoms with Gasteiger partial charge in [-0.25, -0.2) is 4.39 Å². The van der Waals surface area contributed by atoms with E-state index in [1.165, 1.54) is 31.4 Å². The summed E-state index contributed by atoms with van der Waals surface area (Å²) < 4.78 is 12.8. The molecule has 0 aliphatic carbocycles. The number of likely N-dealkylation sites (tertiary alicyclic amines) is 1. The van der Waals surface area contributed by atoms with Crippen LogP contribution in [0.15, 0.2) is 24.3 Å². The summed E-state index contributed by atoms with van der Waals surface area (Å²) in [5.74, 6) is -0.195. The van der Waals surface area contributed by atoms with Crippen molar-refractivity contribution < 1.29 is 9.18 Å². The van der Waals surface area contributed by atoms with E-state index in [9.17, 15) is 9.18 Å². The van der Waals surface area contributed by atoms with Gasteiger partial charge in [-0.1, -0.05) is 6.42 Å². The van der Waals surface area contributed by atoms with Gasteiger partial charge in [-0.15, -0.1) is 0 Å². The minimum Gasteiger partial charge on any atom is -0.298 e. The Morgan fingerprint density at radius 2 is 1.79 bits per heavy atom. The number of piperidine rings is 1. The molecule has 1 aliphatic rings. The van der Waals surface area contributed by atoms with Gasteiger partial charge in [0.1, 0.15) is 5.82 Å². The lowest BCUT2D eigenvalue weighted by molar-refractivity contribution is 0.0839. The number of carbonyl (C=O) groups is 1. The van der Waals surface area contributed by atoms with Crippen molar-refractivity contribution in [2.75, 3.05) is 6.54 Å². The summed E-state index contributed by atoms with van der Waals surface area (Å²) in [6.07, 6.45) is 4.23. The molecule has 1 aliphatic heterocycles. The first-order chi connectivity index (χ1) is 9.08. The molecule has 0 N–H and O–H groups in total. The van der Waals surface area contributed by atoms with Crippen molar-refractivity contribution in [3.05, 3.63) is 35.6 Å². The fraction of sp³-hybridized carbons (Fsp3) is 0.562. The molecule has 1 aromatic carbocycles. The third-order valence-electron chi connectivity index (χ3n) is 4.14. The second-order valence-corrected chi connectivity index (χ2v) is 5.55. The lowest BCUT2D eigenvalue weighted by Gasteiger charge is -2.38. The fourth-order valence-corrected chi connectivity index (χ4v) is 2.93. The van der Waals surface area contributed by atoms with Crippen LogP contribution >= 0.6 is 0 Å². The topological polar surface area (TPSA) is 20.3 Å². The van der Waals surface area contributed by atoms with Crippen LogP contribution in [-0.2, 0) is 0 Å². The Hall–Kier alpha value is -1.22. The molecule has 1 heterocycles. The summed E-state index contributed by atoms with van der Waals surface area (Å²) in [6.45, 7) is 5.27. The quantitative estimate of drug-likeness (QED) is 0.773. The van der Waals surface area contributed by atoms with E-state index in [4.69, 9.17) is 0 Å². The van der Waals surface area contributed by atoms with Gasteiger partial charge in [0.05, 0.1) is 0 Å². The number of rotatable bonds is 4. The van der Waals surface area contributed by atoms with E-state index >= 15 is 0 Å². The predicted octanol–water partition coefficient (Wildman–Crippen LogP) is 3.66. The molecule has 0 saturated carbocycles. The van der Waals surface area contributed by atoms with E-state index in [2.05, 4.69) is 18.7 Å². The molecule has 1 aromatic rings. The molecule has 2 nitrogen and oxygen atoms in total. The van der Waals surface area contributed by atoms with Crippen LogP contribution in [0, 0.1) is 5.82 Å². The van der Waals surface area contributed by atoms with Crippen LogP contribution < -0.4 is 0 Å². The van der Waals surface area contributed by atoms with Crippen molar-refractivity contribution >= 4 is 5.78 Å². The molecular formula is C16H22FNO. The van der Waals surface area contributed by atoms with E-state index in [0.717, 1.165) is 6.54 Å². The van der Waals surface area contributed by atoms with Gasteiger partial charge in [0.15, 0.2) is 5.78 Å². The normalized spacial score (nSPS) is 24.4. The van der Waals surface area contributed by atoms with E-state index in [-0.39, 0.29) is 11.6 Å². The largest absolute Gasteiger partial charge is 0.298 e. The summed E-state index contributed by atoms with van der Waals surface area (Å²) in [5.41, 5.74) is 0.610. The van der Waals surface area contributed by atoms with Gasteiger partial charge < -0.3 is 0 Å². The number of hydrogen-bond acceptors (Lipinski definition) is 2. The highest BCUT2D eigenvalue weighted by Gasteiger charge is 2.24. The maximum Gasteiger partial charge on any atom is 0.164 e. The highest BCUT2D eigenvalue weighted by atomic mass is 19.1. The van der Waals surface area contributed by atoms with E-state index in [0.29, 0.717) is 24.1 Å². The van der Waals surface area contributed by atoms with Crippen molar-refractivity contribution in [2.45, 2.75) is 51.6 Å². The monoisotopic (exact) mass is 263 g/mol. The zero-order valence-corrected chi connectivity index (χ0v) is 11.7. The summed E-state index contributed by atoms with van der Waals surface area (Å²) in [6, 6.07) is 6.95. The molecule has 0 aromatic heterocycles. The van der Waals surface area contributed by atoms with Gasteiger partial charge in [-0.05, 0) is 51.0 Å². The van der Waals surface area contributed by atoms with Crippen LogP contribution in [0.5, 0.6) is 0 Å². The Morgan fingerprint density at radius 3 is 2.37 bits per heavy atom. The van der Waals surface area contributed by atoms with Gasteiger partial charge in [0.25, 0.3) is 0 Å². The highest BCUT2D eigenvalue weighted by molar-refractivity contribution is 5.96. The third kappa shape index (κ3) is 3.63. The lowest BCUT2D eigenvalue weighted by atomic mass is 9.96. The minimum absolute atomic E-state index is 0.102. The average Bonchev–Trinajstić information content (AvgIpc) is 2.38. The van der Waals surface area contributed by atoms with Crippen LogP contribution in [0.3, 0.4) is 0 Å². The Kier molecular flexibility index (Phi) is 4.70. The Bertz CT molecular complexity index is 419. The number of halogens is 1. The Morgan fingerprint density at radius 1 is 1.21 bits per heavy atom. The van der Waals surface area contributed by atoms with Crippen LogP contribution in [0.4, 0.5) is 4.39 Å². The Balaban J connectivity index is 1.90. The fourth-order valence-electron chi connectivity index (χ4n) is 2.93. The first kappa shape index (κ1) is 14.2. The molecule has 0 spiro atoms. The molecule has 19 heavy (non-hydrogen) atoms. The molecule has 104 valence electrons. The number of ketones is 1. The molecule has 0 bridgehead atoms. The molecule has 3 heteroatoms. The second kappa shape index (κ2) is 6.29. The summed E-state index contributed by atoms with van der Waals surface area (Å²) in [4.78, 5) is 14.5. The summed E-state index contributed by atoms with van der Waals surface area (Å²) in [5, 5.41) is 0. The van der Waals surface area contributed by atoms with Crippen molar-refractivity contribution in [1.82, 2.24) is 4.90 Å². The van der Waals surface area contributed by atoms with Crippen LogP contribution in [0.2, 0.25) is 0 Å². The summed E-state index contributed by atoms with van der Waals surface area (Å²) in [7, 11) is 0. The standard InChI is InChI=1S/C16H22FNO/c1-12-4-3-5-13(2)18(12)11-10-16(19)14-6-8-15(17)9-7-14/h6-9,12-13H,3-5,10-11H2,1-2H3. The number of Topliss-reactive ketones (excluding diaryl/α,β-unsaturated/α-hetero) is 1. The van der Waals surface area contributed by atoms with Gasteiger partial charge in [0.2, 0.25) is 0 Å². The van der Waals surface area contributed by atoms with Gasteiger partial charge in [-0.3, -0.25) is 9.69 Å². The minimum atomic E-state index is -0.296. The molecule has 1 fully saturated rings. The molecule has 0 amide bonds. The zero-order valence-electron chi connectivity index (χ0n) is 11.7. The molecule has 2 rings (SSSR count). The lowest BCUT2D eigenvalue weighted by Crippen LogP contribution is -2.44. The molecule has 0 radical (unpaired) electrons. The van der Waals surface area contributed by atoms with Crippen molar-refractivity contribution in [3.8, 4) is 0 Å².